The first kappa shape index (κ1) is 21.0. The Kier molecular flexibility index (Phi) is 7.16. The van der Waals surface area contributed by atoms with Gasteiger partial charge in [-0.1, -0.05) is 66.7 Å². The van der Waals surface area contributed by atoms with Crippen LogP contribution in [0.2, 0.25) is 0 Å². The Hall–Kier alpha value is -3.67. The van der Waals surface area contributed by atoms with Gasteiger partial charge in [0.05, 0.1) is 0 Å². The van der Waals surface area contributed by atoms with Crippen molar-refractivity contribution in [2.75, 3.05) is 19.7 Å². The highest BCUT2D eigenvalue weighted by atomic mass is 16.5. The molecule has 0 spiro atoms. The van der Waals surface area contributed by atoms with E-state index in [9.17, 15) is 14.4 Å². The van der Waals surface area contributed by atoms with Crippen LogP contribution in [0.1, 0.15) is 24.5 Å². The van der Waals surface area contributed by atoms with E-state index in [1.807, 2.05) is 54.6 Å². The zero-order valence-electron chi connectivity index (χ0n) is 16.8. The predicted molar refractivity (Wildman–Crippen MR) is 115 cm³/mol. The van der Waals surface area contributed by atoms with Gasteiger partial charge in [-0.2, -0.15) is 0 Å². The van der Waals surface area contributed by atoms with Gasteiger partial charge in [-0.25, -0.2) is 4.79 Å². The normalized spacial score (nSPS) is 14.0. The van der Waals surface area contributed by atoms with E-state index in [2.05, 4.69) is 5.32 Å². The molecule has 0 atom stereocenters. The Bertz CT molecular complexity index is 965. The van der Waals surface area contributed by atoms with Crippen molar-refractivity contribution in [2.24, 2.45) is 0 Å². The molecule has 0 unspecified atom stereocenters. The maximum Gasteiger partial charge on any atom is 0.355 e. The van der Waals surface area contributed by atoms with E-state index in [1.54, 1.807) is 17.0 Å². The number of carbonyl (C=O) groups excluding carboxylic acids is 3. The van der Waals surface area contributed by atoms with Crippen LogP contribution in [0.15, 0.2) is 72.4 Å². The van der Waals surface area contributed by atoms with Crippen LogP contribution in [0.25, 0.3) is 11.6 Å². The number of ether oxygens (including phenoxy) is 1. The van der Waals surface area contributed by atoms with E-state index in [4.69, 9.17) is 4.74 Å². The van der Waals surface area contributed by atoms with Crippen molar-refractivity contribution >= 4 is 29.4 Å². The minimum atomic E-state index is -0.750. The molecule has 2 aromatic rings. The number of esters is 1. The number of hydrogen-bond acceptors (Lipinski definition) is 4. The summed E-state index contributed by atoms with van der Waals surface area (Å²) in [6.07, 6.45) is 4.29. The van der Waals surface area contributed by atoms with Crippen LogP contribution < -0.4 is 5.32 Å². The Labute approximate surface area is 175 Å². The molecule has 0 aromatic heterocycles. The lowest BCUT2D eigenvalue weighted by Gasteiger charge is -2.26. The highest BCUT2D eigenvalue weighted by Crippen LogP contribution is 2.22. The number of nitrogens with one attached hydrogen (secondary N) is 1. The Morgan fingerprint density at radius 1 is 1.03 bits per heavy atom. The second-order valence-corrected chi connectivity index (χ2v) is 6.91. The van der Waals surface area contributed by atoms with Gasteiger partial charge >= 0.3 is 5.97 Å². The highest BCUT2D eigenvalue weighted by Gasteiger charge is 2.20. The lowest BCUT2D eigenvalue weighted by atomic mass is 10.00. The second kappa shape index (κ2) is 10.2. The number of carbonyl (C=O) groups is 3. The van der Waals surface area contributed by atoms with Gasteiger partial charge in [0.25, 0.3) is 5.91 Å². The molecular formula is C24H24N2O4. The third-order valence-electron chi connectivity index (χ3n) is 4.67. The molecule has 2 aromatic carbocycles. The molecule has 1 aliphatic rings. The summed E-state index contributed by atoms with van der Waals surface area (Å²) in [5.41, 5.74) is 3.09. The molecule has 0 aliphatic carbocycles. The van der Waals surface area contributed by atoms with Crippen LogP contribution in [-0.2, 0) is 19.1 Å². The summed E-state index contributed by atoms with van der Waals surface area (Å²) in [5, 5.41) is 2.47. The van der Waals surface area contributed by atoms with E-state index in [-0.39, 0.29) is 18.2 Å². The Morgan fingerprint density at radius 2 is 1.70 bits per heavy atom. The number of amides is 2. The zero-order valence-corrected chi connectivity index (χ0v) is 16.8. The molecule has 2 amide bonds. The van der Waals surface area contributed by atoms with Crippen molar-refractivity contribution in [2.45, 2.75) is 13.3 Å². The van der Waals surface area contributed by atoms with Gasteiger partial charge in [0.15, 0.2) is 6.61 Å². The molecular weight excluding hydrogens is 380 g/mol. The summed E-state index contributed by atoms with van der Waals surface area (Å²) >= 11 is 0. The molecule has 1 N–H and O–H groups in total. The first-order chi connectivity index (χ1) is 14.5. The summed E-state index contributed by atoms with van der Waals surface area (Å²) in [4.78, 5) is 38.0. The summed E-state index contributed by atoms with van der Waals surface area (Å²) in [6.45, 7) is 1.97. The van der Waals surface area contributed by atoms with Crippen LogP contribution in [0.5, 0.6) is 0 Å². The molecule has 30 heavy (non-hydrogen) atoms. The summed E-state index contributed by atoms with van der Waals surface area (Å²) < 4.78 is 5.17. The van der Waals surface area contributed by atoms with E-state index in [0.29, 0.717) is 13.1 Å². The molecule has 0 fully saturated rings. The van der Waals surface area contributed by atoms with Crippen LogP contribution >= 0.6 is 0 Å². The van der Waals surface area contributed by atoms with Crippen LogP contribution in [-0.4, -0.2) is 42.4 Å². The Morgan fingerprint density at radius 3 is 2.30 bits per heavy atom. The minimum Gasteiger partial charge on any atom is -0.451 e. The number of benzene rings is 2. The molecule has 0 saturated heterocycles. The maximum atomic E-state index is 12.5. The van der Waals surface area contributed by atoms with E-state index in [0.717, 1.165) is 17.5 Å². The van der Waals surface area contributed by atoms with Gasteiger partial charge in [0, 0.05) is 20.0 Å². The van der Waals surface area contributed by atoms with Gasteiger partial charge in [-0.15, -0.1) is 0 Å². The average molecular weight is 404 g/mol. The maximum absolute atomic E-state index is 12.5. The van der Waals surface area contributed by atoms with Gasteiger partial charge < -0.3 is 15.0 Å². The molecule has 154 valence electrons. The third kappa shape index (κ3) is 5.91. The molecule has 0 saturated carbocycles. The molecule has 1 aliphatic heterocycles. The fourth-order valence-electron chi connectivity index (χ4n) is 3.16. The minimum absolute atomic E-state index is 0.00796. The number of nitrogens with zero attached hydrogens (tertiary/aromatic N) is 1. The fourth-order valence-corrected chi connectivity index (χ4v) is 3.16. The molecule has 3 rings (SSSR count). The van der Waals surface area contributed by atoms with Crippen molar-refractivity contribution in [3.05, 3.63) is 83.6 Å². The van der Waals surface area contributed by atoms with Crippen molar-refractivity contribution < 1.29 is 19.1 Å². The van der Waals surface area contributed by atoms with Crippen molar-refractivity contribution in [3.8, 4) is 0 Å². The van der Waals surface area contributed by atoms with Crippen LogP contribution in [0, 0.1) is 0 Å². The van der Waals surface area contributed by atoms with E-state index in [1.165, 1.54) is 18.6 Å². The summed E-state index contributed by atoms with van der Waals surface area (Å²) in [5.74, 6) is -1.41. The monoisotopic (exact) mass is 404 g/mol. The molecule has 6 nitrogen and oxygen atoms in total. The fraction of sp³-hybridized carbons (Fsp3) is 0.208. The van der Waals surface area contributed by atoms with Crippen molar-refractivity contribution in [1.82, 2.24) is 10.2 Å². The average Bonchev–Trinajstić information content (AvgIpc) is 2.78. The third-order valence-corrected chi connectivity index (χ3v) is 4.67. The largest absolute Gasteiger partial charge is 0.451 e. The highest BCUT2D eigenvalue weighted by molar-refractivity contribution is 5.98. The standard InChI is InChI=1S/C24H24N2O4/c1-18(27)25-22(16-19-8-4-2-5-9-19)24(29)30-17-23(28)26-14-12-21(13-15-26)20-10-6-3-7-11-20/h2-12,16H,13-15,17H2,1H3,(H,25,27)/b22-16-. The van der Waals surface area contributed by atoms with Crippen LogP contribution in [0.4, 0.5) is 0 Å². The van der Waals surface area contributed by atoms with E-state index >= 15 is 0 Å². The first-order valence-corrected chi connectivity index (χ1v) is 9.76. The lowest BCUT2D eigenvalue weighted by Crippen LogP contribution is -2.38. The van der Waals surface area contributed by atoms with Crippen LogP contribution in [0.3, 0.4) is 0 Å². The summed E-state index contributed by atoms with van der Waals surface area (Å²) in [6, 6.07) is 19.1. The SMILES string of the molecule is CC(=O)N/C(=C\c1ccccc1)C(=O)OCC(=O)N1CC=C(c2ccccc2)CC1. The second-order valence-electron chi connectivity index (χ2n) is 6.91. The van der Waals surface area contributed by atoms with Gasteiger partial charge in [-0.05, 0) is 29.2 Å². The summed E-state index contributed by atoms with van der Waals surface area (Å²) in [7, 11) is 0. The topological polar surface area (TPSA) is 75.7 Å². The molecule has 6 heteroatoms. The van der Waals surface area contributed by atoms with Gasteiger partial charge in [0.2, 0.25) is 5.91 Å². The number of hydrogen-bond donors (Lipinski definition) is 1. The smallest absolute Gasteiger partial charge is 0.355 e. The van der Waals surface area contributed by atoms with Crippen molar-refractivity contribution in [1.29, 1.82) is 0 Å². The quantitative estimate of drug-likeness (QED) is 0.593. The van der Waals surface area contributed by atoms with Crippen molar-refractivity contribution in [3.63, 3.8) is 0 Å². The first-order valence-electron chi connectivity index (χ1n) is 9.76. The van der Waals surface area contributed by atoms with E-state index < -0.39 is 11.9 Å². The van der Waals surface area contributed by atoms with Gasteiger partial charge in [-0.3, -0.25) is 9.59 Å². The zero-order chi connectivity index (χ0) is 21.3. The predicted octanol–water partition coefficient (Wildman–Crippen LogP) is 3.02. The van der Waals surface area contributed by atoms with Gasteiger partial charge in [0.1, 0.15) is 5.70 Å². The number of rotatable bonds is 6. The lowest BCUT2D eigenvalue weighted by molar-refractivity contribution is -0.149. The Balaban J connectivity index is 1.58. The molecule has 0 bridgehead atoms. The molecule has 1 heterocycles. The molecule has 0 radical (unpaired) electrons.